The number of phenolic OH excluding ortho intramolecular Hbond substituents is 1. The van der Waals surface area contributed by atoms with E-state index >= 15 is 0 Å². The zero-order chi connectivity index (χ0) is 17.4. The number of rotatable bonds is 2. The largest absolute Gasteiger partial charge is 0.503 e. The van der Waals surface area contributed by atoms with Crippen molar-refractivity contribution in [3.63, 3.8) is 0 Å². The number of phenols is 1. The number of allylic oxidation sites excluding steroid dienone is 4. The van der Waals surface area contributed by atoms with Gasteiger partial charge in [0.15, 0.2) is 17.3 Å². The van der Waals surface area contributed by atoms with Crippen LogP contribution in [0.3, 0.4) is 0 Å². The lowest BCUT2D eigenvalue weighted by atomic mass is 9.75. The summed E-state index contributed by atoms with van der Waals surface area (Å²) in [4.78, 5) is 12.5. The molecule has 1 heterocycles. The van der Waals surface area contributed by atoms with Crippen molar-refractivity contribution in [1.29, 1.82) is 5.26 Å². The van der Waals surface area contributed by atoms with Gasteiger partial charge in [0.1, 0.15) is 0 Å². The highest BCUT2D eigenvalue weighted by atomic mass is 35.5. The molecule has 1 aliphatic carbocycles. The molecule has 0 bridgehead atoms. The van der Waals surface area contributed by atoms with Gasteiger partial charge < -0.3 is 15.2 Å². The Labute approximate surface area is 145 Å². The molecule has 1 atom stereocenters. The number of nitrogens with one attached hydrogen (secondary N) is 1. The molecule has 6 heteroatoms. The number of halogens is 1. The van der Waals surface area contributed by atoms with E-state index in [1.807, 2.05) is 6.92 Å². The number of hydrogen-bond acceptors (Lipinski definition) is 5. The zero-order valence-corrected chi connectivity index (χ0v) is 14.2. The maximum absolute atomic E-state index is 12.5. The maximum Gasteiger partial charge on any atom is 0.176 e. The van der Waals surface area contributed by atoms with Crippen LogP contribution >= 0.6 is 11.6 Å². The summed E-state index contributed by atoms with van der Waals surface area (Å²) in [7, 11) is 1.43. The van der Waals surface area contributed by atoms with Gasteiger partial charge in [0, 0.05) is 23.4 Å². The molecule has 1 aliphatic heterocycles. The summed E-state index contributed by atoms with van der Waals surface area (Å²) >= 11 is 6.11. The monoisotopic (exact) mass is 344 g/mol. The van der Waals surface area contributed by atoms with Gasteiger partial charge in [0.05, 0.1) is 29.7 Å². The number of ketones is 1. The predicted octanol–water partition coefficient (Wildman–Crippen LogP) is 3.55. The Morgan fingerprint density at radius 1 is 1.42 bits per heavy atom. The Bertz CT molecular complexity index is 833. The molecule has 124 valence electrons. The maximum atomic E-state index is 12.5. The molecule has 5 nitrogen and oxygen atoms in total. The zero-order valence-electron chi connectivity index (χ0n) is 13.4. The van der Waals surface area contributed by atoms with Crippen LogP contribution in [0.5, 0.6) is 11.5 Å². The predicted molar refractivity (Wildman–Crippen MR) is 89.7 cm³/mol. The number of hydrogen-bond donors (Lipinski definition) is 2. The minimum atomic E-state index is -0.494. The number of Topliss-reactive ketones (excluding diaryl/α,β-unsaturated/α-hetero) is 1. The summed E-state index contributed by atoms with van der Waals surface area (Å²) in [6, 6.07) is 5.43. The number of dihydropyridines is 1. The van der Waals surface area contributed by atoms with E-state index in [9.17, 15) is 15.2 Å². The fourth-order valence-corrected chi connectivity index (χ4v) is 3.60. The molecule has 0 radical (unpaired) electrons. The summed E-state index contributed by atoms with van der Waals surface area (Å²) in [5.41, 5.74) is 3.37. The van der Waals surface area contributed by atoms with Gasteiger partial charge in [-0.15, -0.1) is 0 Å². The van der Waals surface area contributed by atoms with Crippen LogP contribution in [0.25, 0.3) is 0 Å². The lowest BCUT2D eigenvalue weighted by molar-refractivity contribution is -0.116. The second kappa shape index (κ2) is 6.21. The fraction of sp³-hybridized carbons (Fsp3) is 0.333. The summed E-state index contributed by atoms with van der Waals surface area (Å²) in [6.45, 7) is 1.83. The van der Waals surface area contributed by atoms with E-state index in [0.29, 0.717) is 23.1 Å². The Kier molecular flexibility index (Phi) is 4.25. The van der Waals surface area contributed by atoms with Crippen LogP contribution in [0.2, 0.25) is 5.02 Å². The molecule has 2 N–H and O–H groups in total. The second-order valence-corrected chi connectivity index (χ2v) is 6.34. The summed E-state index contributed by atoms with van der Waals surface area (Å²) in [5, 5.41) is 22.9. The van der Waals surface area contributed by atoms with E-state index in [-0.39, 0.29) is 22.3 Å². The molecule has 1 aromatic carbocycles. The SMILES string of the molecule is COc1cc([C@@H]2C(C#N)=C(C)NC3=C2C(=O)CCC3)cc(Cl)c1O. The average molecular weight is 345 g/mol. The second-order valence-electron chi connectivity index (χ2n) is 5.93. The molecule has 0 unspecified atom stereocenters. The van der Waals surface area contributed by atoms with Crippen molar-refractivity contribution in [3.8, 4) is 17.6 Å². The molecule has 24 heavy (non-hydrogen) atoms. The highest BCUT2D eigenvalue weighted by molar-refractivity contribution is 6.32. The van der Waals surface area contributed by atoms with Gasteiger partial charge in [-0.1, -0.05) is 11.6 Å². The van der Waals surface area contributed by atoms with Gasteiger partial charge in [-0.2, -0.15) is 5.26 Å². The van der Waals surface area contributed by atoms with Crippen molar-refractivity contribution in [1.82, 2.24) is 5.32 Å². The quantitative estimate of drug-likeness (QED) is 0.857. The third-order valence-electron chi connectivity index (χ3n) is 4.50. The topological polar surface area (TPSA) is 82.3 Å². The number of methoxy groups -OCH3 is 1. The number of carbonyl (C=O) groups excluding carboxylic acids is 1. The van der Waals surface area contributed by atoms with Crippen LogP contribution in [-0.2, 0) is 4.79 Å². The van der Waals surface area contributed by atoms with Crippen molar-refractivity contribution in [2.45, 2.75) is 32.1 Å². The lowest BCUT2D eigenvalue weighted by Gasteiger charge is -2.33. The molecule has 2 aliphatic rings. The summed E-state index contributed by atoms with van der Waals surface area (Å²) < 4.78 is 5.17. The van der Waals surface area contributed by atoms with Gasteiger partial charge in [-0.3, -0.25) is 4.79 Å². The van der Waals surface area contributed by atoms with Crippen molar-refractivity contribution in [2.75, 3.05) is 7.11 Å². The first-order valence-electron chi connectivity index (χ1n) is 7.68. The average Bonchev–Trinajstić information content (AvgIpc) is 2.56. The molecular formula is C18H17ClN2O3. The standard InChI is InChI=1S/C18H17ClN2O3/c1-9-11(8-20)16(17-13(21-9)4-3-5-14(17)22)10-6-12(19)18(23)15(7-10)24-2/h6-7,16,21,23H,3-5H2,1-2H3/t16-/m1/s1. The first-order valence-corrected chi connectivity index (χ1v) is 8.06. The van der Waals surface area contributed by atoms with Gasteiger partial charge in [-0.25, -0.2) is 0 Å². The number of nitrogens with zero attached hydrogens (tertiary/aromatic N) is 1. The smallest absolute Gasteiger partial charge is 0.176 e. The first kappa shape index (κ1) is 16.4. The minimum absolute atomic E-state index is 0.0390. The van der Waals surface area contributed by atoms with E-state index in [4.69, 9.17) is 16.3 Å². The number of ether oxygens (including phenoxy) is 1. The Morgan fingerprint density at radius 3 is 2.83 bits per heavy atom. The van der Waals surface area contributed by atoms with Crippen molar-refractivity contribution in [3.05, 3.63) is 45.3 Å². The van der Waals surface area contributed by atoms with Crippen LogP contribution in [-0.4, -0.2) is 18.0 Å². The molecule has 0 fully saturated rings. The first-order chi connectivity index (χ1) is 11.5. The summed E-state index contributed by atoms with van der Waals surface area (Å²) in [6.07, 6.45) is 2.04. The fourth-order valence-electron chi connectivity index (χ4n) is 3.38. The third kappa shape index (κ3) is 2.53. The Morgan fingerprint density at radius 2 is 2.17 bits per heavy atom. The molecule has 0 amide bonds. The van der Waals surface area contributed by atoms with Crippen molar-refractivity contribution in [2.24, 2.45) is 0 Å². The van der Waals surface area contributed by atoms with E-state index in [0.717, 1.165) is 24.2 Å². The van der Waals surface area contributed by atoms with E-state index < -0.39 is 5.92 Å². The molecule has 1 aromatic rings. The van der Waals surface area contributed by atoms with Crippen LogP contribution in [0.4, 0.5) is 0 Å². The van der Waals surface area contributed by atoms with Crippen LogP contribution in [0, 0.1) is 11.3 Å². The van der Waals surface area contributed by atoms with Gasteiger partial charge >= 0.3 is 0 Å². The molecule has 3 rings (SSSR count). The van der Waals surface area contributed by atoms with Crippen molar-refractivity contribution < 1.29 is 14.6 Å². The van der Waals surface area contributed by atoms with Gasteiger partial charge in [-0.05, 0) is 37.5 Å². The number of aromatic hydroxyl groups is 1. The summed E-state index contributed by atoms with van der Waals surface area (Å²) in [5.74, 6) is -0.389. The van der Waals surface area contributed by atoms with Gasteiger partial charge in [0.25, 0.3) is 0 Å². The highest BCUT2D eigenvalue weighted by Gasteiger charge is 2.36. The number of nitriles is 1. The number of carbonyl (C=O) groups is 1. The number of benzene rings is 1. The molecule has 0 saturated heterocycles. The van der Waals surface area contributed by atoms with E-state index in [1.165, 1.54) is 7.11 Å². The van der Waals surface area contributed by atoms with Crippen LogP contribution in [0.15, 0.2) is 34.7 Å². The van der Waals surface area contributed by atoms with E-state index in [2.05, 4.69) is 11.4 Å². The van der Waals surface area contributed by atoms with Crippen LogP contribution in [0.1, 0.15) is 37.7 Å². The highest BCUT2D eigenvalue weighted by Crippen LogP contribution is 2.45. The Balaban J connectivity index is 2.23. The Hall–Kier alpha value is -2.45. The van der Waals surface area contributed by atoms with Crippen molar-refractivity contribution >= 4 is 17.4 Å². The molecule has 0 spiro atoms. The third-order valence-corrected chi connectivity index (χ3v) is 4.79. The van der Waals surface area contributed by atoms with Gasteiger partial charge in [0.2, 0.25) is 0 Å². The lowest BCUT2D eigenvalue weighted by Crippen LogP contribution is -2.31. The normalized spacial score (nSPS) is 20.4. The molecular weight excluding hydrogens is 328 g/mol. The van der Waals surface area contributed by atoms with E-state index in [1.54, 1.807) is 12.1 Å². The molecule has 0 aromatic heterocycles. The minimum Gasteiger partial charge on any atom is -0.503 e. The molecule has 0 saturated carbocycles. The van der Waals surface area contributed by atoms with Crippen LogP contribution < -0.4 is 10.1 Å².